The van der Waals surface area contributed by atoms with Crippen LogP contribution >= 0.6 is 0 Å². The van der Waals surface area contributed by atoms with Gasteiger partial charge in [0.25, 0.3) is 0 Å². The molecule has 0 aliphatic heterocycles. The molecule has 4 aromatic rings. The summed E-state index contributed by atoms with van der Waals surface area (Å²) in [6, 6.07) is 14.1. The van der Waals surface area contributed by atoms with Gasteiger partial charge in [-0.3, -0.25) is 4.79 Å². The van der Waals surface area contributed by atoms with Gasteiger partial charge < -0.3 is 14.7 Å². The Hall–Kier alpha value is -3.41. The number of hydrogen-bond acceptors (Lipinski definition) is 2. The van der Waals surface area contributed by atoms with Crippen LogP contribution in [0.25, 0.3) is 22.2 Å². The summed E-state index contributed by atoms with van der Waals surface area (Å²) in [5.74, 6) is -0.132. The van der Waals surface area contributed by atoms with Crippen molar-refractivity contribution < 1.29 is 18.0 Å². The third kappa shape index (κ3) is 3.81. The van der Waals surface area contributed by atoms with E-state index in [2.05, 4.69) is 10.3 Å². The maximum absolute atomic E-state index is 13.8. The van der Waals surface area contributed by atoms with Crippen molar-refractivity contribution in [3.05, 3.63) is 83.8 Å². The molecule has 2 aromatic heterocycles. The summed E-state index contributed by atoms with van der Waals surface area (Å²) in [6.07, 6.45) is 2.20. The Balaban J connectivity index is 1.59. The van der Waals surface area contributed by atoms with Gasteiger partial charge in [-0.1, -0.05) is 0 Å². The van der Waals surface area contributed by atoms with Crippen molar-refractivity contribution in [2.45, 2.75) is 19.4 Å². The molecule has 142 valence electrons. The molecule has 0 fully saturated rings. The van der Waals surface area contributed by atoms with E-state index in [0.717, 1.165) is 27.7 Å². The number of aromatic nitrogens is 1. The fourth-order valence-corrected chi connectivity index (χ4v) is 3.27. The molecule has 6 heteroatoms. The molecule has 0 aliphatic rings. The van der Waals surface area contributed by atoms with Crippen molar-refractivity contribution in [2.24, 2.45) is 0 Å². The van der Waals surface area contributed by atoms with E-state index >= 15 is 0 Å². The van der Waals surface area contributed by atoms with Gasteiger partial charge >= 0.3 is 0 Å². The van der Waals surface area contributed by atoms with Gasteiger partial charge in [-0.15, -0.1) is 0 Å². The van der Waals surface area contributed by atoms with Crippen molar-refractivity contribution in [2.75, 3.05) is 0 Å². The molecule has 4 nitrogen and oxygen atoms in total. The number of fused-ring (bicyclic) bond motifs is 1. The van der Waals surface area contributed by atoms with Crippen LogP contribution in [-0.4, -0.2) is 10.9 Å². The first-order chi connectivity index (χ1) is 13.6. The number of carbonyl (C=O) groups excluding carboxylic acids is 1. The number of aryl methyl sites for hydroxylation is 1. The largest absolute Gasteiger partial charge is 0.467 e. The Morgan fingerprint density at radius 1 is 1.04 bits per heavy atom. The fraction of sp³-hybridized carbons (Fsp3) is 0.136. The summed E-state index contributed by atoms with van der Waals surface area (Å²) in [7, 11) is 0. The number of halogens is 2. The van der Waals surface area contributed by atoms with Crippen molar-refractivity contribution in [3.63, 3.8) is 0 Å². The number of benzene rings is 2. The molecule has 1 amide bonds. The zero-order valence-electron chi connectivity index (χ0n) is 15.0. The predicted molar refractivity (Wildman–Crippen MR) is 103 cm³/mol. The number of furan rings is 1. The highest BCUT2D eigenvalue weighted by Gasteiger charge is 2.15. The Morgan fingerprint density at radius 3 is 2.57 bits per heavy atom. The standard InChI is InChI=1S/C22H18F2N2O2/c23-15-5-3-14(4-6-15)22-18(19-12-16(24)7-9-20(19)26-22)8-10-21(27)25-13-17-2-1-11-28-17/h1-7,9,11-12,26H,8,10,13H2,(H,25,27). The lowest BCUT2D eigenvalue weighted by Gasteiger charge is -2.07. The molecule has 0 radical (unpaired) electrons. The number of nitrogens with one attached hydrogen (secondary N) is 2. The SMILES string of the molecule is O=C(CCc1c(-c2ccc(F)cc2)[nH]c2ccc(F)cc12)NCc1ccco1. The van der Waals surface area contributed by atoms with E-state index < -0.39 is 0 Å². The first-order valence-electron chi connectivity index (χ1n) is 8.95. The summed E-state index contributed by atoms with van der Waals surface area (Å²) in [4.78, 5) is 15.5. The van der Waals surface area contributed by atoms with E-state index in [1.165, 1.54) is 24.3 Å². The molecule has 0 unspecified atom stereocenters. The second-order valence-electron chi connectivity index (χ2n) is 6.53. The summed E-state index contributed by atoms with van der Waals surface area (Å²) in [5.41, 5.74) is 3.14. The maximum Gasteiger partial charge on any atom is 0.220 e. The van der Waals surface area contributed by atoms with E-state index in [9.17, 15) is 13.6 Å². The van der Waals surface area contributed by atoms with Gasteiger partial charge in [0.15, 0.2) is 0 Å². The average molecular weight is 380 g/mol. The summed E-state index contributed by atoms with van der Waals surface area (Å²) >= 11 is 0. The third-order valence-corrected chi connectivity index (χ3v) is 4.64. The van der Waals surface area contributed by atoms with E-state index in [1.807, 2.05) is 0 Å². The lowest BCUT2D eigenvalue weighted by Crippen LogP contribution is -2.22. The molecule has 0 bridgehead atoms. The van der Waals surface area contributed by atoms with E-state index in [0.29, 0.717) is 18.7 Å². The van der Waals surface area contributed by atoms with Crippen LogP contribution in [-0.2, 0) is 17.8 Å². The zero-order chi connectivity index (χ0) is 19.5. The number of amides is 1. The number of hydrogen-bond donors (Lipinski definition) is 2. The van der Waals surface area contributed by atoms with Crippen LogP contribution in [0.4, 0.5) is 8.78 Å². The number of rotatable bonds is 6. The Morgan fingerprint density at radius 2 is 1.82 bits per heavy atom. The van der Waals surface area contributed by atoms with Crippen LogP contribution in [0.5, 0.6) is 0 Å². The Labute approximate surface area is 160 Å². The van der Waals surface area contributed by atoms with E-state index in [1.54, 1.807) is 36.6 Å². The second-order valence-corrected chi connectivity index (χ2v) is 6.53. The van der Waals surface area contributed by atoms with Crippen molar-refractivity contribution >= 4 is 16.8 Å². The highest BCUT2D eigenvalue weighted by Crippen LogP contribution is 2.32. The van der Waals surface area contributed by atoms with Crippen molar-refractivity contribution in [3.8, 4) is 11.3 Å². The smallest absolute Gasteiger partial charge is 0.220 e. The summed E-state index contributed by atoms with van der Waals surface area (Å²) in [5, 5.41) is 3.53. The topological polar surface area (TPSA) is 58.0 Å². The monoisotopic (exact) mass is 380 g/mol. The molecule has 2 heterocycles. The van der Waals surface area contributed by atoms with Gasteiger partial charge in [0.05, 0.1) is 12.8 Å². The minimum absolute atomic E-state index is 0.132. The Kier molecular flexibility index (Phi) is 4.93. The number of H-pyrrole nitrogens is 1. The van der Waals surface area contributed by atoms with E-state index in [-0.39, 0.29) is 24.0 Å². The molecular formula is C22H18F2N2O2. The second kappa shape index (κ2) is 7.68. The van der Waals surface area contributed by atoms with Crippen LogP contribution in [0, 0.1) is 11.6 Å². The average Bonchev–Trinajstić information content (AvgIpc) is 3.33. The minimum atomic E-state index is -0.347. The highest BCUT2D eigenvalue weighted by molar-refractivity contribution is 5.91. The third-order valence-electron chi connectivity index (χ3n) is 4.64. The molecule has 0 atom stereocenters. The van der Waals surface area contributed by atoms with Crippen LogP contribution < -0.4 is 5.32 Å². The molecule has 2 N–H and O–H groups in total. The fourth-order valence-electron chi connectivity index (χ4n) is 3.27. The van der Waals surface area contributed by atoms with Gasteiger partial charge in [-0.05, 0) is 72.1 Å². The molecule has 4 rings (SSSR count). The normalized spacial score (nSPS) is 11.1. The van der Waals surface area contributed by atoms with Crippen LogP contribution in [0.2, 0.25) is 0 Å². The van der Waals surface area contributed by atoms with Crippen LogP contribution in [0.3, 0.4) is 0 Å². The van der Waals surface area contributed by atoms with Gasteiger partial charge in [0.1, 0.15) is 17.4 Å². The van der Waals surface area contributed by atoms with Gasteiger partial charge in [-0.25, -0.2) is 8.78 Å². The van der Waals surface area contributed by atoms with Crippen LogP contribution in [0.15, 0.2) is 65.3 Å². The molecule has 0 saturated carbocycles. The van der Waals surface area contributed by atoms with Gasteiger partial charge in [0.2, 0.25) is 5.91 Å². The summed E-state index contributed by atoms with van der Waals surface area (Å²) < 4.78 is 32.3. The van der Waals surface area contributed by atoms with E-state index in [4.69, 9.17) is 4.42 Å². The summed E-state index contributed by atoms with van der Waals surface area (Å²) in [6.45, 7) is 0.319. The molecule has 28 heavy (non-hydrogen) atoms. The molecule has 0 spiro atoms. The molecule has 0 aliphatic carbocycles. The van der Waals surface area contributed by atoms with Crippen molar-refractivity contribution in [1.29, 1.82) is 0 Å². The predicted octanol–water partition coefficient (Wildman–Crippen LogP) is 4.96. The van der Waals surface area contributed by atoms with Gasteiger partial charge in [0, 0.05) is 23.0 Å². The molecule has 0 saturated heterocycles. The quantitative estimate of drug-likeness (QED) is 0.497. The van der Waals surface area contributed by atoms with Gasteiger partial charge in [-0.2, -0.15) is 0 Å². The first kappa shape index (κ1) is 18.0. The Bertz CT molecular complexity index is 1100. The first-order valence-corrected chi connectivity index (χ1v) is 8.95. The maximum atomic E-state index is 13.8. The van der Waals surface area contributed by atoms with Crippen molar-refractivity contribution in [1.82, 2.24) is 10.3 Å². The highest BCUT2D eigenvalue weighted by atomic mass is 19.1. The lowest BCUT2D eigenvalue weighted by molar-refractivity contribution is -0.121. The minimum Gasteiger partial charge on any atom is -0.467 e. The molecule has 2 aromatic carbocycles. The number of aromatic amines is 1. The number of carbonyl (C=O) groups is 1. The lowest BCUT2D eigenvalue weighted by atomic mass is 10.0. The van der Waals surface area contributed by atoms with Crippen LogP contribution in [0.1, 0.15) is 17.7 Å². The molecular weight excluding hydrogens is 362 g/mol. The zero-order valence-corrected chi connectivity index (χ0v) is 15.0.